The number of carboxylic acid groups (broad SMARTS) is 1. The molecule has 0 amide bonds. The fourth-order valence-electron chi connectivity index (χ4n) is 4.04. The molecule has 2 N–H and O–H groups in total. The van der Waals surface area contributed by atoms with Crippen molar-refractivity contribution in [2.24, 2.45) is 0 Å². The summed E-state index contributed by atoms with van der Waals surface area (Å²) in [4.78, 5) is 15.4. The third-order valence-electron chi connectivity index (χ3n) is 5.79. The van der Waals surface area contributed by atoms with E-state index in [0.29, 0.717) is 12.1 Å². The lowest BCUT2D eigenvalue weighted by molar-refractivity contribution is 0.0695. The monoisotopic (exact) mass is 434 g/mol. The van der Waals surface area contributed by atoms with Crippen molar-refractivity contribution >= 4 is 28.1 Å². The topological polar surface area (TPSA) is 69.6 Å². The van der Waals surface area contributed by atoms with Crippen molar-refractivity contribution in [2.45, 2.75) is 36.6 Å². The molecule has 1 unspecified atom stereocenters. The molecule has 0 bridgehead atoms. The van der Waals surface area contributed by atoms with Crippen LogP contribution in [0.15, 0.2) is 70.5 Å². The average Bonchev–Trinajstić information content (AvgIpc) is 2.78. The second-order valence-corrected chi connectivity index (χ2v) is 9.15. The first-order valence-electron chi connectivity index (χ1n) is 10.4. The smallest absolute Gasteiger partial charge is 0.336 e. The number of carbonyl (C=O) groups is 1. The molecule has 6 heteroatoms. The van der Waals surface area contributed by atoms with Gasteiger partial charge in [0.1, 0.15) is 0 Å². The van der Waals surface area contributed by atoms with Crippen LogP contribution in [-0.4, -0.2) is 28.4 Å². The first-order valence-corrected chi connectivity index (χ1v) is 11.5. The Morgan fingerprint density at radius 1 is 1.00 bits per heavy atom. The molecular formula is C25H26N2O3S. The quantitative estimate of drug-likeness (QED) is 0.523. The molecule has 31 heavy (non-hydrogen) atoms. The minimum Gasteiger partial charge on any atom is -0.478 e. The largest absolute Gasteiger partial charge is 0.478 e. The Labute approximate surface area is 185 Å². The van der Waals surface area contributed by atoms with Crippen molar-refractivity contribution in [2.75, 3.05) is 18.0 Å². The molecule has 0 fully saturated rings. The van der Waals surface area contributed by atoms with Gasteiger partial charge in [-0.1, -0.05) is 36.4 Å². The Balaban J connectivity index is 1.49. The highest BCUT2D eigenvalue weighted by molar-refractivity contribution is 7.85. The first kappa shape index (κ1) is 21.3. The highest BCUT2D eigenvalue weighted by Crippen LogP contribution is 2.44. The second-order valence-electron chi connectivity index (χ2n) is 7.73. The molecule has 1 aliphatic heterocycles. The molecule has 4 rings (SSSR count). The number of hydrogen-bond acceptors (Lipinski definition) is 4. The van der Waals surface area contributed by atoms with Crippen LogP contribution < -0.4 is 10.2 Å². The lowest BCUT2D eigenvalue weighted by Gasteiger charge is -2.34. The van der Waals surface area contributed by atoms with Crippen LogP contribution in [0.3, 0.4) is 0 Å². The van der Waals surface area contributed by atoms with Gasteiger partial charge in [0.05, 0.1) is 37.5 Å². The normalized spacial score (nSPS) is 14.8. The lowest BCUT2D eigenvalue weighted by atomic mass is 10.1. The van der Waals surface area contributed by atoms with Crippen molar-refractivity contribution in [3.8, 4) is 0 Å². The maximum atomic E-state index is 13.2. The van der Waals surface area contributed by atoms with E-state index < -0.39 is 16.8 Å². The number of carboxylic acids is 1. The Hall–Kier alpha value is -2.96. The minimum absolute atomic E-state index is 0.336. The highest BCUT2D eigenvalue weighted by atomic mass is 32.2. The van der Waals surface area contributed by atoms with Crippen LogP contribution in [0.4, 0.5) is 11.4 Å². The van der Waals surface area contributed by atoms with Gasteiger partial charge in [0.15, 0.2) is 0 Å². The van der Waals surface area contributed by atoms with Crippen molar-refractivity contribution < 1.29 is 14.1 Å². The van der Waals surface area contributed by atoms with Gasteiger partial charge < -0.3 is 15.3 Å². The van der Waals surface area contributed by atoms with Crippen LogP contribution in [0.1, 0.15) is 33.5 Å². The molecule has 160 valence electrons. The van der Waals surface area contributed by atoms with Crippen molar-refractivity contribution in [3.63, 3.8) is 0 Å². The summed E-state index contributed by atoms with van der Waals surface area (Å²) in [5.74, 6) is -0.905. The third kappa shape index (κ3) is 4.13. The third-order valence-corrected chi connectivity index (χ3v) is 7.26. The summed E-state index contributed by atoms with van der Waals surface area (Å²) in [6.07, 6.45) is 0.864. The van der Waals surface area contributed by atoms with Gasteiger partial charge in [-0.05, 0) is 67.8 Å². The maximum absolute atomic E-state index is 13.2. The van der Waals surface area contributed by atoms with E-state index in [1.54, 1.807) is 12.1 Å². The van der Waals surface area contributed by atoms with Gasteiger partial charge in [0.25, 0.3) is 0 Å². The van der Waals surface area contributed by atoms with Gasteiger partial charge in [-0.25, -0.2) is 9.00 Å². The zero-order valence-electron chi connectivity index (χ0n) is 17.7. The van der Waals surface area contributed by atoms with Gasteiger partial charge >= 0.3 is 5.97 Å². The number of aromatic carboxylic acids is 1. The molecule has 3 aromatic carbocycles. The average molecular weight is 435 g/mol. The Morgan fingerprint density at radius 2 is 1.74 bits per heavy atom. The van der Waals surface area contributed by atoms with Crippen LogP contribution in [0.25, 0.3) is 0 Å². The lowest BCUT2D eigenvalue weighted by Crippen LogP contribution is -2.28. The summed E-state index contributed by atoms with van der Waals surface area (Å²) in [5.41, 5.74) is 5.51. The van der Waals surface area contributed by atoms with Crippen molar-refractivity contribution in [1.82, 2.24) is 5.32 Å². The Bertz CT molecular complexity index is 1160. The van der Waals surface area contributed by atoms with E-state index in [-0.39, 0.29) is 0 Å². The molecule has 0 radical (unpaired) electrons. The van der Waals surface area contributed by atoms with Crippen LogP contribution in [0, 0.1) is 13.8 Å². The molecule has 5 nitrogen and oxygen atoms in total. The van der Waals surface area contributed by atoms with Crippen molar-refractivity contribution in [1.29, 1.82) is 0 Å². The number of aryl methyl sites for hydroxylation is 1. The molecule has 0 aromatic heterocycles. The standard InChI is InChI=1S/C25H26N2O3S/c1-17-12-13-23-24(18(17)2)27(21-10-5-6-11-22(21)31(23)30)15-7-14-26-16-19-8-3-4-9-20(19)25(28)29/h3-6,8-13,26H,7,14-16H2,1-2H3,(H,28,29). The van der Waals surface area contributed by atoms with E-state index in [0.717, 1.165) is 51.8 Å². The summed E-state index contributed by atoms with van der Waals surface area (Å²) in [7, 11) is -1.18. The van der Waals surface area contributed by atoms with E-state index in [2.05, 4.69) is 24.1 Å². The SMILES string of the molecule is Cc1ccc2c(c1C)N(CCCNCc1ccccc1C(=O)O)c1ccccc1S2=O. The summed E-state index contributed by atoms with van der Waals surface area (Å²) in [6, 6.07) is 19.0. The van der Waals surface area contributed by atoms with Crippen LogP contribution in [-0.2, 0) is 17.3 Å². The zero-order chi connectivity index (χ0) is 22.0. The molecule has 1 heterocycles. The summed E-state index contributed by atoms with van der Waals surface area (Å²) < 4.78 is 13.2. The van der Waals surface area contributed by atoms with E-state index in [4.69, 9.17) is 0 Å². The van der Waals surface area contributed by atoms with Crippen LogP contribution >= 0.6 is 0 Å². The summed E-state index contributed by atoms with van der Waals surface area (Å²) >= 11 is 0. The number of hydrogen-bond donors (Lipinski definition) is 2. The molecule has 1 atom stereocenters. The molecule has 0 saturated heterocycles. The fraction of sp³-hybridized carbons (Fsp3) is 0.240. The zero-order valence-corrected chi connectivity index (χ0v) is 18.5. The molecule has 3 aromatic rings. The Morgan fingerprint density at radius 3 is 2.55 bits per heavy atom. The molecule has 0 saturated carbocycles. The number of nitrogens with zero attached hydrogens (tertiary/aromatic N) is 1. The predicted octanol–water partition coefficient (Wildman–Crippen LogP) is 4.80. The molecule has 0 aliphatic carbocycles. The van der Waals surface area contributed by atoms with E-state index >= 15 is 0 Å². The van der Waals surface area contributed by atoms with Gasteiger partial charge in [-0.15, -0.1) is 0 Å². The van der Waals surface area contributed by atoms with E-state index in [1.165, 1.54) is 5.56 Å². The fourth-order valence-corrected chi connectivity index (χ4v) is 5.48. The van der Waals surface area contributed by atoms with Gasteiger partial charge in [0, 0.05) is 13.1 Å². The van der Waals surface area contributed by atoms with Gasteiger partial charge in [0.2, 0.25) is 0 Å². The predicted molar refractivity (Wildman–Crippen MR) is 124 cm³/mol. The first-order chi connectivity index (χ1) is 15.0. The number of fused-ring (bicyclic) bond motifs is 2. The highest BCUT2D eigenvalue weighted by Gasteiger charge is 2.29. The van der Waals surface area contributed by atoms with Crippen LogP contribution in [0.2, 0.25) is 0 Å². The number of nitrogens with one attached hydrogen (secondary N) is 1. The van der Waals surface area contributed by atoms with E-state index in [9.17, 15) is 14.1 Å². The van der Waals surface area contributed by atoms with Gasteiger partial charge in [-0.2, -0.15) is 0 Å². The maximum Gasteiger partial charge on any atom is 0.336 e. The molecule has 0 spiro atoms. The number of para-hydroxylation sites is 1. The minimum atomic E-state index is -1.18. The number of anilines is 2. The summed E-state index contributed by atoms with van der Waals surface area (Å²) in [6.45, 7) is 6.21. The second kappa shape index (κ2) is 9.04. The number of rotatable bonds is 7. The summed E-state index contributed by atoms with van der Waals surface area (Å²) in [5, 5.41) is 12.7. The van der Waals surface area contributed by atoms with Crippen LogP contribution in [0.5, 0.6) is 0 Å². The number of benzene rings is 3. The molecule has 1 aliphatic rings. The Kier molecular flexibility index (Phi) is 6.20. The van der Waals surface area contributed by atoms with Gasteiger partial charge in [-0.3, -0.25) is 0 Å². The molecular weight excluding hydrogens is 408 g/mol. The van der Waals surface area contributed by atoms with Crippen molar-refractivity contribution in [3.05, 3.63) is 82.9 Å². The van der Waals surface area contributed by atoms with E-state index in [1.807, 2.05) is 48.5 Å².